The van der Waals surface area contributed by atoms with Crippen LogP contribution in [0.25, 0.3) is 17.3 Å². The smallest absolute Gasteiger partial charge is 0.216 e. The number of halogens is 1. The third-order valence-corrected chi connectivity index (χ3v) is 6.66. The number of allylic oxidation sites excluding steroid dienone is 1. The summed E-state index contributed by atoms with van der Waals surface area (Å²) in [6, 6.07) is 20.9. The molecule has 0 radical (unpaired) electrons. The first kappa shape index (κ1) is 21.5. The zero-order valence-corrected chi connectivity index (χ0v) is 18.3. The Bertz CT molecular complexity index is 1410. The molecule has 0 spiro atoms. The molecule has 2 aromatic heterocycles. The molecule has 0 amide bonds. The second kappa shape index (κ2) is 9.18. The fraction of sp³-hybridized carbons (Fsp3) is 0.0417. The maximum atomic E-state index is 13.1. The SMILES string of the molecule is N#C/C(=C\c1cn(Cc2ccccc2)nc1-c1cccnc1)S(=O)(=O)c1ccc(Cl)cc1. The minimum absolute atomic E-state index is 0.00527. The Morgan fingerprint density at radius 3 is 2.47 bits per heavy atom. The highest BCUT2D eigenvalue weighted by atomic mass is 35.5. The second-order valence-electron chi connectivity index (χ2n) is 6.94. The van der Waals surface area contributed by atoms with E-state index in [9.17, 15) is 13.7 Å². The van der Waals surface area contributed by atoms with E-state index in [2.05, 4.69) is 10.1 Å². The first-order valence-electron chi connectivity index (χ1n) is 9.61. The van der Waals surface area contributed by atoms with E-state index in [-0.39, 0.29) is 9.80 Å². The zero-order valence-electron chi connectivity index (χ0n) is 16.8. The summed E-state index contributed by atoms with van der Waals surface area (Å²) in [5, 5.41) is 14.7. The van der Waals surface area contributed by atoms with Gasteiger partial charge in [0.2, 0.25) is 9.84 Å². The fourth-order valence-electron chi connectivity index (χ4n) is 3.17. The predicted octanol–water partition coefficient (Wildman–Crippen LogP) is 4.99. The van der Waals surface area contributed by atoms with Crippen molar-refractivity contribution >= 4 is 27.5 Å². The van der Waals surface area contributed by atoms with Crippen LogP contribution in [0.3, 0.4) is 0 Å². The van der Waals surface area contributed by atoms with E-state index in [1.165, 1.54) is 30.3 Å². The first-order chi connectivity index (χ1) is 15.5. The molecule has 0 aliphatic carbocycles. The van der Waals surface area contributed by atoms with Gasteiger partial charge in [-0.3, -0.25) is 9.67 Å². The molecule has 0 saturated carbocycles. The summed E-state index contributed by atoms with van der Waals surface area (Å²) in [4.78, 5) is 3.74. The molecular weight excluding hydrogens is 444 g/mol. The van der Waals surface area contributed by atoms with Crippen LogP contribution in [0.5, 0.6) is 0 Å². The highest BCUT2D eigenvalue weighted by Gasteiger charge is 2.22. The van der Waals surface area contributed by atoms with E-state index in [1.54, 1.807) is 29.3 Å². The standard InChI is InChI=1S/C24H17ClN4O2S/c25-21-8-10-22(11-9-21)32(30,31)23(14-26)13-20-17-29(16-18-5-2-1-3-6-18)28-24(20)19-7-4-12-27-15-19/h1-13,15,17H,16H2/b23-13+. The molecule has 0 atom stereocenters. The molecule has 0 bridgehead atoms. The van der Waals surface area contributed by atoms with E-state index in [1.807, 2.05) is 42.5 Å². The van der Waals surface area contributed by atoms with Crippen LogP contribution in [-0.2, 0) is 16.4 Å². The third kappa shape index (κ3) is 4.62. The molecule has 0 aliphatic rings. The van der Waals surface area contributed by atoms with Crippen LogP contribution in [-0.4, -0.2) is 23.2 Å². The van der Waals surface area contributed by atoms with Crippen molar-refractivity contribution in [3.05, 3.63) is 106 Å². The number of sulfone groups is 1. The summed E-state index contributed by atoms with van der Waals surface area (Å²) in [5.41, 5.74) is 2.79. The molecule has 4 rings (SSSR count). The number of nitriles is 1. The molecule has 0 saturated heterocycles. The first-order valence-corrected chi connectivity index (χ1v) is 11.5. The van der Waals surface area contributed by atoms with Gasteiger partial charge >= 0.3 is 0 Å². The molecule has 4 aromatic rings. The van der Waals surface area contributed by atoms with Gasteiger partial charge in [-0.05, 0) is 48.0 Å². The number of hydrogen-bond donors (Lipinski definition) is 0. The number of rotatable bonds is 6. The van der Waals surface area contributed by atoms with Crippen LogP contribution in [0.15, 0.2) is 95.1 Å². The maximum Gasteiger partial charge on any atom is 0.216 e. The van der Waals surface area contributed by atoms with Gasteiger partial charge in [0.15, 0.2) is 0 Å². The van der Waals surface area contributed by atoms with Gasteiger partial charge in [-0.15, -0.1) is 0 Å². The number of nitrogens with zero attached hydrogens (tertiary/aromatic N) is 4. The molecule has 6 nitrogen and oxygen atoms in total. The van der Waals surface area contributed by atoms with Crippen molar-refractivity contribution in [2.75, 3.05) is 0 Å². The van der Waals surface area contributed by atoms with Crippen LogP contribution in [0.1, 0.15) is 11.1 Å². The normalized spacial score (nSPS) is 11.8. The number of benzene rings is 2. The Kier molecular flexibility index (Phi) is 6.17. The van der Waals surface area contributed by atoms with Crippen LogP contribution in [0.4, 0.5) is 0 Å². The van der Waals surface area contributed by atoms with Crippen molar-refractivity contribution < 1.29 is 8.42 Å². The molecule has 2 heterocycles. The Labute approximate surface area is 191 Å². The van der Waals surface area contributed by atoms with E-state index >= 15 is 0 Å². The molecule has 0 unspecified atom stereocenters. The van der Waals surface area contributed by atoms with E-state index in [0.29, 0.717) is 28.4 Å². The van der Waals surface area contributed by atoms with Gasteiger partial charge < -0.3 is 0 Å². The van der Waals surface area contributed by atoms with Gasteiger partial charge in [-0.1, -0.05) is 41.9 Å². The molecule has 158 valence electrons. The number of hydrogen-bond acceptors (Lipinski definition) is 5. The Morgan fingerprint density at radius 1 is 1.06 bits per heavy atom. The van der Waals surface area contributed by atoms with Gasteiger partial charge in [0.1, 0.15) is 16.7 Å². The highest BCUT2D eigenvalue weighted by Crippen LogP contribution is 2.27. The Morgan fingerprint density at radius 2 is 1.81 bits per heavy atom. The van der Waals surface area contributed by atoms with Crippen molar-refractivity contribution in [1.29, 1.82) is 5.26 Å². The average molecular weight is 461 g/mol. The summed E-state index contributed by atoms with van der Waals surface area (Å²) in [6.07, 6.45) is 6.36. The Balaban J connectivity index is 1.81. The number of aromatic nitrogens is 3. The van der Waals surface area contributed by atoms with Crippen molar-refractivity contribution in [3.8, 4) is 17.3 Å². The summed E-state index contributed by atoms with van der Waals surface area (Å²) in [6.45, 7) is 0.494. The fourth-order valence-corrected chi connectivity index (χ4v) is 4.45. The van der Waals surface area contributed by atoms with Gasteiger partial charge in [0, 0.05) is 34.7 Å². The third-order valence-electron chi connectivity index (χ3n) is 4.72. The predicted molar refractivity (Wildman–Crippen MR) is 123 cm³/mol. The van der Waals surface area contributed by atoms with Crippen LogP contribution < -0.4 is 0 Å². The van der Waals surface area contributed by atoms with Crippen molar-refractivity contribution in [2.24, 2.45) is 0 Å². The summed E-state index contributed by atoms with van der Waals surface area (Å²) in [5.74, 6) is 0. The summed E-state index contributed by atoms with van der Waals surface area (Å²) >= 11 is 5.87. The lowest BCUT2D eigenvalue weighted by Gasteiger charge is -2.03. The maximum absolute atomic E-state index is 13.1. The van der Waals surface area contributed by atoms with Crippen molar-refractivity contribution in [2.45, 2.75) is 11.4 Å². The molecule has 2 aromatic carbocycles. The monoisotopic (exact) mass is 460 g/mol. The molecule has 0 aliphatic heterocycles. The average Bonchev–Trinajstić information content (AvgIpc) is 3.21. The molecule has 0 N–H and O–H groups in total. The van der Waals surface area contributed by atoms with E-state index < -0.39 is 9.84 Å². The largest absolute Gasteiger partial charge is 0.267 e. The molecule has 32 heavy (non-hydrogen) atoms. The van der Waals surface area contributed by atoms with E-state index in [0.717, 1.165) is 5.56 Å². The highest BCUT2D eigenvalue weighted by molar-refractivity contribution is 7.95. The molecule has 0 fully saturated rings. The minimum Gasteiger partial charge on any atom is -0.267 e. The molecular formula is C24H17ClN4O2S. The number of pyridine rings is 1. The van der Waals surface area contributed by atoms with Crippen LogP contribution >= 0.6 is 11.6 Å². The topological polar surface area (TPSA) is 88.6 Å². The second-order valence-corrected chi connectivity index (χ2v) is 9.29. The quantitative estimate of drug-likeness (QED) is 0.378. The molecule has 8 heteroatoms. The van der Waals surface area contributed by atoms with Gasteiger partial charge in [-0.25, -0.2) is 8.42 Å². The van der Waals surface area contributed by atoms with Gasteiger partial charge in [-0.2, -0.15) is 10.4 Å². The zero-order chi connectivity index (χ0) is 22.6. The lowest BCUT2D eigenvalue weighted by molar-refractivity contribution is 0.603. The van der Waals surface area contributed by atoms with Crippen molar-refractivity contribution in [1.82, 2.24) is 14.8 Å². The summed E-state index contributed by atoms with van der Waals surface area (Å²) in [7, 11) is -4.03. The van der Waals surface area contributed by atoms with E-state index in [4.69, 9.17) is 11.6 Å². The van der Waals surface area contributed by atoms with Gasteiger partial charge in [0.25, 0.3) is 0 Å². The lowest BCUT2D eigenvalue weighted by atomic mass is 10.1. The van der Waals surface area contributed by atoms with Crippen LogP contribution in [0, 0.1) is 11.3 Å². The lowest BCUT2D eigenvalue weighted by Crippen LogP contribution is -2.03. The summed E-state index contributed by atoms with van der Waals surface area (Å²) < 4.78 is 27.8. The van der Waals surface area contributed by atoms with Crippen LogP contribution in [0.2, 0.25) is 5.02 Å². The minimum atomic E-state index is -4.03. The Hall–Kier alpha value is -3.73. The van der Waals surface area contributed by atoms with Gasteiger partial charge in [0.05, 0.1) is 11.4 Å². The van der Waals surface area contributed by atoms with Crippen molar-refractivity contribution in [3.63, 3.8) is 0 Å².